The maximum Gasteiger partial charge on any atom is 0.211 e. The molecule has 0 unspecified atom stereocenters. The second-order valence-corrected chi connectivity index (χ2v) is 2.51. The van der Waals surface area contributed by atoms with Gasteiger partial charge in [-0.15, -0.1) is 0 Å². The zero-order valence-electron chi connectivity index (χ0n) is 8.06. The molecule has 0 atom stereocenters. The van der Waals surface area contributed by atoms with Gasteiger partial charge >= 0.3 is 0 Å². The first-order valence-electron chi connectivity index (χ1n) is 3.94. The van der Waals surface area contributed by atoms with Crippen LogP contribution < -0.4 is 4.74 Å². The molecule has 0 aromatic carbocycles. The average molecular weight is 186 g/mol. The number of methoxy groups -OCH3 is 2. The van der Waals surface area contributed by atoms with Crippen LogP contribution in [0.5, 0.6) is 5.88 Å². The molecule has 0 aliphatic rings. The van der Waals surface area contributed by atoms with E-state index in [-0.39, 0.29) is 6.29 Å². The molecule has 5 nitrogen and oxygen atoms in total. The molecule has 0 fully saturated rings. The third-order valence-electron chi connectivity index (χ3n) is 1.67. The fourth-order valence-electron chi connectivity index (χ4n) is 0.889. The van der Waals surface area contributed by atoms with Crippen LogP contribution in [0.1, 0.15) is 0 Å². The summed E-state index contributed by atoms with van der Waals surface area (Å²) in [5.41, 5.74) is 0. The van der Waals surface area contributed by atoms with Gasteiger partial charge in [-0.3, -0.25) is 0 Å². The van der Waals surface area contributed by atoms with Crippen molar-refractivity contribution in [3.05, 3.63) is 12.3 Å². The monoisotopic (exact) mass is 186 g/mol. The number of nitrogens with zero attached hydrogens (tertiary/aromatic N) is 2. The van der Waals surface area contributed by atoms with Crippen molar-refractivity contribution < 1.29 is 14.2 Å². The lowest BCUT2D eigenvalue weighted by atomic mass is 10.6. The Balaban J connectivity index is 2.38. The summed E-state index contributed by atoms with van der Waals surface area (Å²) in [7, 11) is 4.95. The van der Waals surface area contributed by atoms with Gasteiger partial charge in [-0.05, 0) is 0 Å². The van der Waals surface area contributed by atoms with E-state index in [1.165, 1.54) is 0 Å². The number of aryl methyl sites for hydroxylation is 1. The standard InChI is InChI=1S/C8H14N2O3/c1-10-7(4-5-9-10)13-6-8(11-2)12-3/h4-5,8H,6H2,1-3H3. The van der Waals surface area contributed by atoms with E-state index in [0.717, 1.165) is 0 Å². The first-order valence-corrected chi connectivity index (χ1v) is 3.94. The van der Waals surface area contributed by atoms with Gasteiger partial charge in [-0.1, -0.05) is 0 Å². The van der Waals surface area contributed by atoms with Gasteiger partial charge in [0, 0.05) is 27.3 Å². The largest absolute Gasteiger partial charge is 0.472 e. The molecular formula is C8H14N2O3. The summed E-state index contributed by atoms with van der Waals surface area (Å²) in [5.74, 6) is 0.694. The number of ether oxygens (including phenoxy) is 3. The van der Waals surface area contributed by atoms with Crippen molar-refractivity contribution in [1.29, 1.82) is 0 Å². The van der Waals surface area contributed by atoms with E-state index >= 15 is 0 Å². The Hall–Kier alpha value is -1.07. The molecule has 0 aliphatic carbocycles. The van der Waals surface area contributed by atoms with Gasteiger partial charge in [-0.2, -0.15) is 5.10 Å². The van der Waals surface area contributed by atoms with Crippen molar-refractivity contribution in [1.82, 2.24) is 9.78 Å². The highest BCUT2D eigenvalue weighted by Crippen LogP contribution is 2.07. The Morgan fingerprint density at radius 1 is 1.46 bits per heavy atom. The smallest absolute Gasteiger partial charge is 0.211 e. The molecule has 0 N–H and O–H groups in total. The van der Waals surface area contributed by atoms with Crippen molar-refractivity contribution in [2.24, 2.45) is 7.05 Å². The van der Waals surface area contributed by atoms with Crippen molar-refractivity contribution in [2.45, 2.75) is 6.29 Å². The zero-order valence-corrected chi connectivity index (χ0v) is 8.06. The topological polar surface area (TPSA) is 45.5 Å². The molecule has 0 spiro atoms. The lowest BCUT2D eigenvalue weighted by Gasteiger charge is -2.13. The molecule has 1 rings (SSSR count). The second-order valence-electron chi connectivity index (χ2n) is 2.51. The van der Waals surface area contributed by atoms with E-state index in [4.69, 9.17) is 14.2 Å². The number of rotatable bonds is 5. The number of hydrogen-bond acceptors (Lipinski definition) is 4. The quantitative estimate of drug-likeness (QED) is 0.625. The number of aromatic nitrogens is 2. The molecule has 1 aromatic rings. The molecular weight excluding hydrogens is 172 g/mol. The van der Waals surface area contributed by atoms with Crippen LogP contribution in [0.25, 0.3) is 0 Å². The van der Waals surface area contributed by atoms with E-state index in [2.05, 4.69) is 5.10 Å². The molecule has 0 amide bonds. The normalized spacial score (nSPS) is 10.8. The van der Waals surface area contributed by atoms with Crippen molar-refractivity contribution >= 4 is 0 Å². The van der Waals surface area contributed by atoms with Gasteiger partial charge in [-0.25, -0.2) is 4.68 Å². The van der Waals surface area contributed by atoms with Gasteiger partial charge in [0.15, 0.2) is 6.29 Å². The van der Waals surface area contributed by atoms with E-state index in [1.54, 1.807) is 31.2 Å². The molecule has 0 aliphatic heterocycles. The van der Waals surface area contributed by atoms with Crippen LogP contribution >= 0.6 is 0 Å². The van der Waals surface area contributed by atoms with E-state index < -0.39 is 0 Å². The van der Waals surface area contributed by atoms with Gasteiger partial charge in [0.25, 0.3) is 0 Å². The van der Waals surface area contributed by atoms with Gasteiger partial charge < -0.3 is 14.2 Å². The van der Waals surface area contributed by atoms with Crippen LogP contribution in [0.4, 0.5) is 0 Å². The Kier molecular flexibility index (Phi) is 3.72. The third kappa shape index (κ3) is 2.71. The van der Waals surface area contributed by atoms with Crippen LogP contribution in [0.15, 0.2) is 12.3 Å². The maximum absolute atomic E-state index is 5.37. The van der Waals surface area contributed by atoms with Crippen LogP contribution in [0, 0.1) is 0 Å². The lowest BCUT2D eigenvalue weighted by Crippen LogP contribution is -2.22. The van der Waals surface area contributed by atoms with Gasteiger partial charge in [0.2, 0.25) is 5.88 Å². The van der Waals surface area contributed by atoms with Crippen LogP contribution in [-0.4, -0.2) is 36.9 Å². The van der Waals surface area contributed by atoms with E-state index in [9.17, 15) is 0 Å². The van der Waals surface area contributed by atoms with Gasteiger partial charge in [0.1, 0.15) is 6.61 Å². The Morgan fingerprint density at radius 2 is 2.15 bits per heavy atom. The first-order chi connectivity index (χ1) is 6.27. The first kappa shape index (κ1) is 10.0. The highest BCUT2D eigenvalue weighted by molar-refractivity contribution is 5.06. The summed E-state index contributed by atoms with van der Waals surface area (Å²) in [6.45, 7) is 0.354. The average Bonchev–Trinajstić information content (AvgIpc) is 2.54. The zero-order chi connectivity index (χ0) is 9.68. The van der Waals surface area contributed by atoms with E-state index in [1.807, 2.05) is 7.05 Å². The minimum Gasteiger partial charge on any atom is -0.472 e. The van der Waals surface area contributed by atoms with Crippen LogP contribution in [0.3, 0.4) is 0 Å². The third-order valence-corrected chi connectivity index (χ3v) is 1.67. The molecule has 0 radical (unpaired) electrons. The van der Waals surface area contributed by atoms with Crippen molar-refractivity contribution in [3.63, 3.8) is 0 Å². The SMILES string of the molecule is COC(COc1ccnn1C)OC. The molecule has 13 heavy (non-hydrogen) atoms. The van der Waals surface area contributed by atoms with Crippen molar-refractivity contribution in [3.8, 4) is 5.88 Å². The highest BCUT2D eigenvalue weighted by Gasteiger charge is 2.07. The predicted octanol–water partition coefficient (Wildman–Crippen LogP) is 0.418. The van der Waals surface area contributed by atoms with Crippen molar-refractivity contribution in [2.75, 3.05) is 20.8 Å². The summed E-state index contributed by atoms with van der Waals surface area (Å²) in [6, 6.07) is 1.78. The minimum absolute atomic E-state index is 0.338. The minimum atomic E-state index is -0.338. The fraction of sp³-hybridized carbons (Fsp3) is 0.625. The molecule has 1 heterocycles. The van der Waals surface area contributed by atoms with Crippen LogP contribution in [-0.2, 0) is 16.5 Å². The van der Waals surface area contributed by atoms with E-state index in [0.29, 0.717) is 12.5 Å². The molecule has 74 valence electrons. The summed E-state index contributed by atoms with van der Waals surface area (Å²) in [4.78, 5) is 0. The second kappa shape index (κ2) is 4.84. The summed E-state index contributed by atoms with van der Waals surface area (Å²) in [5, 5.41) is 3.96. The number of hydrogen-bond donors (Lipinski definition) is 0. The molecule has 0 saturated heterocycles. The fourth-order valence-corrected chi connectivity index (χ4v) is 0.889. The maximum atomic E-state index is 5.37. The Bertz CT molecular complexity index is 245. The Labute approximate surface area is 77.2 Å². The summed E-state index contributed by atoms with van der Waals surface area (Å²) in [6.07, 6.45) is 1.33. The Morgan fingerprint density at radius 3 is 2.62 bits per heavy atom. The molecule has 0 saturated carbocycles. The summed E-state index contributed by atoms with van der Waals surface area (Å²) < 4.78 is 16.9. The highest BCUT2D eigenvalue weighted by atomic mass is 16.7. The summed E-state index contributed by atoms with van der Waals surface area (Å²) >= 11 is 0. The predicted molar refractivity (Wildman–Crippen MR) is 46.5 cm³/mol. The lowest BCUT2D eigenvalue weighted by molar-refractivity contribution is -0.122. The molecule has 5 heteroatoms. The molecule has 1 aromatic heterocycles. The molecule has 0 bridgehead atoms. The van der Waals surface area contributed by atoms with Gasteiger partial charge in [0.05, 0.1) is 6.20 Å². The van der Waals surface area contributed by atoms with Crippen LogP contribution in [0.2, 0.25) is 0 Å².